The molecular weight excluding hydrogens is 296 g/mol. The van der Waals surface area contributed by atoms with Crippen molar-refractivity contribution in [2.24, 2.45) is 5.92 Å². The second kappa shape index (κ2) is 7.22. The number of hydrogen-bond acceptors (Lipinski definition) is 4. The molecule has 7 nitrogen and oxygen atoms in total. The number of hydrogen-bond donors (Lipinski definition) is 2. The van der Waals surface area contributed by atoms with Gasteiger partial charge in [-0.05, 0) is 32.1 Å². The van der Waals surface area contributed by atoms with Crippen molar-refractivity contribution in [1.29, 1.82) is 0 Å². The highest BCUT2D eigenvalue weighted by Gasteiger charge is 2.37. The summed E-state index contributed by atoms with van der Waals surface area (Å²) in [5, 5.41) is 9.24. The fraction of sp³-hybridized carbons (Fsp3) is 0.846. The van der Waals surface area contributed by atoms with E-state index < -0.39 is 34.0 Å². The molecule has 8 heteroatoms. The Morgan fingerprint density at radius 2 is 2.05 bits per heavy atom. The summed E-state index contributed by atoms with van der Waals surface area (Å²) in [7, 11) is -3.51. The summed E-state index contributed by atoms with van der Waals surface area (Å²) in [4.78, 5) is 24.9. The Kier molecular flexibility index (Phi) is 6.15. The standard InChI is InChI=1S/C13H24N2O5S/c1-4-7-21(19,20)14-10(3)12(16)15-6-5-9(2)8-11(15)13(17)18/h9-11,14H,4-8H2,1-3H3,(H,17,18). The van der Waals surface area contributed by atoms with Crippen LogP contribution in [0.2, 0.25) is 0 Å². The third-order valence-electron chi connectivity index (χ3n) is 3.63. The fourth-order valence-corrected chi connectivity index (χ4v) is 3.83. The van der Waals surface area contributed by atoms with Crippen molar-refractivity contribution in [1.82, 2.24) is 9.62 Å². The second-order valence-electron chi connectivity index (χ2n) is 5.67. The first-order valence-electron chi connectivity index (χ1n) is 7.21. The van der Waals surface area contributed by atoms with Crippen LogP contribution < -0.4 is 4.72 Å². The molecule has 0 radical (unpaired) electrons. The number of piperidine rings is 1. The summed E-state index contributed by atoms with van der Waals surface area (Å²) >= 11 is 0. The third kappa shape index (κ3) is 4.96. The van der Waals surface area contributed by atoms with E-state index in [1.165, 1.54) is 11.8 Å². The maximum Gasteiger partial charge on any atom is 0.326 e. The van der Waals surface area contributed by atoms with Gasteiger partial charge in [-0.3, -0.25) is 4.79 Å². The lowest BCUT2D eigenvalue weighted by molar-refractivity contribution is -0.153. The Morgan fingerprint density at radius 3 is 2.57 bits per heavy atom. The molecule has 1 aliphatic rings. The van der Waals surface area contributed by atoms with E-state index in [0.717, 1.165) is 6.42 Å². The molecule has 1 heterocycles. The van der Waals surface area contributed by atoms with E-state index >= 15 is 0 Å². The Morgan fingerprint density at radius 1 is 1.43 bits per heavy atom. The lowest BCUT2D eigenvalue weighted by atomic mass is 9.92. The number of amides is 1. The molecule has 0 aromatic heterocycles. The number of likely N-dealkylation sites (tertiary alicyclic amines) is 1. The van der Waals surface area contributed by atoms with E-state index in [1.807, 2.05) is 6.92 Å². The average molecular weight is 320 g/mol. The molecule has 0 spiro atoms. The molecule has 1 fully saturated rings. The Hall–Kier alpha value is -1.15. The molecule has 0 aromatic rings. The molecule has 21 heavy (non-hydrogen) atoms. The first-order chi connectivity index (χ1) is 9.68. The number of carbonyl (C=O) groups excluding carboxylic acids is 1. The predicted octanol–water partition coefficient (Wildman–Crippen LogP) is 0.416. The van der Waals surface area contributed by atoms with Gasteiger partial charge in [0.2, 0.25) is 15.9 Å². The number of rotatable bonds is 6. The lowest BCUT2D eigenvalue weighted by Crippen LogP contribution is -2.55. The van der Waals surface area contributed by atoms with Gasteiger partial charge in [0.1, 0.15) is 6.04 Å². The minimum Gasteiger partial charge on any atom is -0.480 e. The fourth-order valence-electron chi connectivity index (χ4n) is 2.54. The highest BCUT2D eigenvalue weighted by molar-refractivity contribution is 7.89. The molecule has 3 unspecified atom stereocenters. The average Bonchev–Trinajstić information content (AvgIpc) is 2.36. The predicted molar refractivity (Wildman–Crippen MR) is 78.2 cm³/mol. The highest BCUT2D eigenvalue weighted by atomic mass is 32.2. The van der Waals surface area contributed by atoms with E-state index in [2.05, 4.69) is 4.72 Å². The van der Waals surface area contributed by atoms with E-state index in [4.69, 9.17) is 0 Å². The molecule has 3 atom stereocenters. The number of carbonyl (C=O) groups is 2. The van der Waals surface area contributed by atoms with Crippen LogP contribution in [-0.4, -0.2) is 54.7 Å². The maximum absolute atomic E-state index is 12.3. The minimum absolute atomic E-state index is 0.0516. The zero-order chi connectivity index (χ0) is 16.2. The molecule has 0 aromatic carbocycles. The summed E-state index contributed by atoms with van der Waals surface area (Å²) in [6.45, 7) is 5.48. The van der Waals surface area contributed by atoms with Crippen molar-refractivity contribution in [2.45, 2.75) is 52.1 Å². The molecule has 122 valence electrons. The molecule has 0 bridgehead atoms. The van der Waals surface area contributed by atoms with Crippen molar-refractivity contribution in [2.75, 3.05) is 12.3 Å². The molecule has 1 aliphatic heterocycles. The number of carboxylic acids is 1. The number of nitrogens with one attached hydrogen (secondary N) is 1. The van der Waals surface area contributed by atoms with Gasteiger partial charge in [0.05, 0.1) is 11.8 Å². The van der Waals surface area contributed by atoms with Crippen LogP contribution in [0.25, 0.3) is 0 Å². The third-order valence-corrected chi connectivity index (χ3v) is 5.29. The summed E-state index contributed by atoms with van der Waals surface area (Å²) in [6, 6.07) is -1.82. The van der Waals surface area contributed by atoms with Gasteiger partial charge in [-0.1, -0.05) is 13.8 Å². The molecule has 0 aliphatic carbocycles. The van der Waals surface area contributed by atoms with Gasteiger partial charge in [-0.2, -0.15) is 0 Å². The van der Waals surface area contributed by atoms with Gasteiger partial charge < -0.3 is 10.0 Å². The number of aliphatic carboxylic acids is 1. The Bertz CT molecular complexity index is 491. The molecule has 1 rings (SSSR count). The van der Waals surface area contributed by atoms with E-state index in [0.29, 0.717) is 19.4 Å². The monoisotopic (exact) mass is 320 g/mol. The minimum atomic E-state index is -3.51. The largest absolute Gasteiger partial charge is 0.480 e. The van der Waals surface area contributed by atoms with Crippen LogP contribution in [0.1, 0.15) is 40.0 Å². The van der Waals surface area contributed by atoms with Crippen molar-refractivity contribution in [3.8, 4) is 0 Å². The topological polar surface area (TPSA) is 104 Å². The van der Waals surface area contributed by atoms with Gasteiger partial charge in [-0.25, -0.2) is 17.9 Å². The Labute approximate surface area is 125 Å². The van der Waals surface area contributed by atoms with Crippen LogP contribution in [0.4, 0.5) is 0 Å². The van der Waals surface area contributed by atoms with Crippen LogP contribution in [0.5, 0.6) is 0 Å². The zero-order valence-corrected chi connectivity index (χ0v) is 13.5. The van der Waals surface area contributed by atoms with Gasteiger partial charge in [0.25, 0.3) is 0 Å². The smallest absolute Gasteiger partial charge is 0.326 e. The molecular formula is C13H24N2O5S. The van der Waals surface area contributed by atoms with Gasteiger partial charge in [0.15, 0.2) is 0 Å². The first kappa shape index (κ1) is 17.9. The molecule has 1 amide bonds. The van der Waals surface area contributed by atoms with Gasteiger partial charge in [-0.15, -0.1) is 0 Å². The quantitative estimate of drug-likeness (QED) is 0.738. The van der Waals surface area contributed by atoms with Crippen LogP contribution in [0, 0.1) is 5.92 Å². The highest BCUT2D eigenvalue weighted by Crippen LogP contribution is 2.23. The summed E-state index contributed by atoms with van der Waals surface area (Å²) in [5.41, 5.74) is 0. The zero-order valence-electron chi connectivity index (χ0n) is 12.7. The van der Waals surface area contributed by atoms with Crippen molar-refractivity contribution >= 4 is 21.9 Å². The van der Waals surface area contributed by atoms with Crippen molar-refractivity contribution < 1.29 is 23.1 Å². The second-order valence-corrected chi connectivity index (χ2v) is 7.55. The number of carboxylic acid groups (broad SMARTS) is 1. The van der Waals surface area contributed by atoms with E-state index in [1.54, 1.807) is 6.92 Å². The van der Waals surface area contributed by atoms with E-state index in [-0.39, 0.29) is 11.7 Å². The van der Waals surface area contributed by atoms with Gasteiger partial charge in [0, 0.05) is 6.54 Å². The maximum atomic E-state index is 12.3. The SMILES string of the molecule is CCCS(=O)(=O)NC(C)C(=O)N1CCC(C)CC1C(=O)O. The summed E-state index contributed by atoms with van der Waals surface area (Å²) in [5.74, 6) is -1.33. The van der Waals surface area contributed by atoms with Crippen LogP contribution in [0.3, 0.4) is 0 Å². The van der Waals surface area contributed by atoms with E-state index in [9.17, 15) is 23.1 Å². The summed E-state index contributed by atoms with van der Waals surface area (Å²) in [6.07, 6.45) is 1.58. The molecule has 0 saturated carbocycles. The lowest BCUT2D eigenvalue weighted by Gasteiger charge is -2.37. The first-order valence-corrected chi connectivity index (χ1v) is 8.86. The van der Waals surface area contributed by atoms with Crippen molar-refractivity contribution in [3.05, 3.63) is 0 Å². The van der Waals surface area contributed by atoms with Crippen molar-refractivity contribution in [3.63, 3.8) is 0 Å². The van der Waals surface area contributed by atoms with Crippen LogP contribution in [-0.2, 0) is 19.6 Å². The molecule has 1 saturated heterocycles. The van der Waals surface area contributed by atoms with Gasteiger partial charge >= 0.3 is 5.97 Å². The van der Waals surface area contributed by atoms with Crippen LogP contribution >= 0.6 is 0 Å². The summed E-state index contributed by atoms with van der Waals surface area (Å²) < 4.78 is 25.7. The Balaban J connectivity index is 2.78. The molecule has 2 N–H and O–H groups in total. The van der Waals surface area contributed by atoms with Crippen LogP contribution in [0.15, 0.2) is 0 Å². The normalized spacial score (nSPS) is 24.6. The number of nitrogens with zero attached hydrogens (tertiary/aromatic N) is 1. The number of sulfonamides is 1.